The SMILES string of the molecule is CCN(CC)S(=O)(=O)c1cc(C(=O)N[C@@H](C)c2cccs2)ccc1Cl. The van der Waals surface area contributed by atoms with Crippen molar-refractivity contribution in [1.29, 1.82) is 0 Å². The van der Waals surface area contributed by atoms with Crippen LogP contribution >= 0.6 is 22.9 Å². The van der Waals surface area contributed by atoms with Gasteiger partial charge in [0, 0.05) is 23.5 Å². The first-order chi connectivity index (χ1) is 11.8. The molecule has 0 bridgehead atoms. The lowest BCUT2D eigenvalue weighted by atomic mass is 10.2. The molecule has 2 rings (SSSR count). The van der Waals surface area contributed by atoms with Crippen molar-refractivity contribution < 1.29 is 13.2 Å². The summed E-state index contributed by atoms with van der Waals surface area (Å²) in [7, 11) is -3.74. The molecule has 0 radical (unpaired) electrons. The summed E-state index contributed by atoms with van der Waals surface area (Å²) in [6.45, 7) is 6.07. The number of hydrogen-bond acceptors (Lipinski definition) is 4. The van der Waals surface area contributed by atoms with Gasteiger partial charge in [-0.25, -0.2) is 8.42 Å². The number of halogens is 1. The average Bonchev–Trinajstić information content (AvgIpc) is 3.10. The number of amides is 1. The molecule has 2 aromatic rings. The molecule has 0 spiro atoms. The van der Waals surface area contributed by atoms with Crippen LogP contribution < -0.4 is 5.32 Å². The Labute approximate surface area is 157 Å². The number of rotatable bonds is 7. The molecule has 0 aliphatic rings. The first-order valence-electron chi connectivity index (χ1n) is 7.95. The van der Waals surface area contributed by atoms with Crippen molar-refractivity contribution in [2.24, 2.45) is 0 Å². The van der Waals surface area contributed by atoms with Crippen LogP contribution in [0.5, 0.6) is 0 Å². The van der Waals surface area contributed by atoms with E-state index in [4.69, 9.17) is 11.6 Å². The minimum Gasteiger partial charge on any atom is -0.345 e. The molecule has 25 heavy (non-hydrogen) atoms. The third-order valence-corrected chi connectivity index (χ3v) is 7.42. The largest absolute Gasteiger partial charge is 0.345 e. The monoisotopic (exact) mass is 400 g/mol. The number of hydrogen-bond donors (Lipinski definition) is 1. The molecule has 1 aromatic heterocycles. The van der Waals surface area contributed by atoms with Crippen LogP contribution in [-0.4, -0.2) is 31.7 Å². The van der Waals surface area contributed by atoms with Crippen molar-refractivity contribution in [1.82, 2.24) is 9.62 Å². The Kier molecular flexibility index (Phi) is 6.62. The molecule has 1 heterocycles. The molecule has 136 valence electrons. The average molecular weight is 401 g/mol. The summed E-state index contributed by atoms with van der Waals surface area (Å²) in [5, 5.41) is 4.92. The quantitative estimate of drug-likeness (QED) is 0.765. The van der Waals surface area contributed by atoms with Gasteiger partial charge in [0.25, 0.3) is 5.91 Å². The lowest BCUT2D eigenvalue weighted by Crippen LogP contribution is -2.31. The van der Waals surface area contributed by atoms with E-state index < -0.39 is 10.0 Å². The summed E-state index contributed by atoms with van der Waals surface area (Å²) >= 11 is 7.64. The molecule has 5 nitrogen and oxygen atoms in total. The van der Waals surface area contributed by atoms with Gasteiger partial charge in [-0.2, -0.15) is 4.31 Å². The topological polar surface area (TPSA) is 66.5 Å². The maximum Gasteiger partial charge on any atom is 0.251 e. The minimum absolute atomic E-state index is 0.0470. The fourth-order valence-electron chi connectivity index (χ4n) is 2.43. The summed E-state index contributed by atoms with van der Waals surface area (Å²) < 4.78 is 26.7. The van der Waals surface area contributed by atoms with Crippen molar-refractivity contribution in [3.8, 4) is 0 Å². The van der Waals surface area contributed by atoms with Gasteiger partial charge in [0.05, 0.1) is 11.1 Å². The lowest BCUT2D eigenvalue weighted by Gasteiger charge is -2.20. The molecule has 8 heteroatoms. The van der Waals surface area contributed by atoms with Gasteiger partial charge in [-0.15, -0.1) is 11.3 Å². The van der Waals surface area contributed by atoms with E-state index in [9.17, 15) is 13.2 Å². The standard InChI is InChI=1S/C17H21ClN2O3S2/c1-4-20(5-2)25(22,23)16-11-13(8-9-14(16)18)17(21)19-12(3)15-7-6-10-24-15/h6-12H,4-5H2,1-3H3,(H,19,21)/t12-/m0/s1. The third kappa shape index (κ3) is 4.41. The summed E-state index contributed by atoms with van der Waals surface area (Å²) in [6.07, 6.45) is 0. The van der Waals surface area contributed by atoms with Gasteiger partial charge in [-0.05, 0) is 36.6 Å². The van der Waals surface area contributed by atoms with Gasteiger partial charge in [0.2, 0.25) is 10.0 Å². The van der Waals surface area contributed by atoms with Crippen LogP contribution in [0.25, 0.3) is 0 Å². The van der Waals surface area contributed by atoms with E-state index in [1.807, 2.05) is 24.4 Å². The summed E-state index contributed by atoms with van der Waals surface area (Å²) in [6, 6.07) is 8.01. The molecule has 1 N–H and O–H groups in total. The highest BCUT2D eigenvalue weighted by molar-refractivity contribution is 7.89. The van der Waals surface area contributed by atoms with Crippen LogP contribution in [0.3, 0.4) is 0 Å². The van der Waals surface area contributed by atoms with Gasteiger partial charge in [-0.1, -0.05) is 31.5 Å². The Morgan fingerprint density at radius 1 is 1.28 bits per heavy atom. The highest BCUT2D eigenvalue weighted by Gasteiger charge is 2.25. The Morgan fingerprint density at radius 2 is 1.96 bits per heavy atom. The molecule has 0 saturated heterocycles. The van der Waals surface area contributed by atoms with E-state index in [1.165, 1.54) is 22.5 Å². The van der Waals surface area contributed by atoms with Gasteiger partial charge < -0.3 is 5.32 Å². The van der Waals surface area contributed by atoms with Crippen LogP contribution in [0.1, 0.15) is 42.0 Å². The van der Waals surface area contributed by atoms with Gasteiger partial charge in [0.15, 0.2) is 0 Å². The maximum atomic E-state index is 12.7. The van der Waals surface area contributed by atoms with Crippen molar-refractivity contribution in [2.75, 3.05) is 13.1 Å². The van der Waals surface area contributed by atoms with Gasteiger partial charge in [0.1, 0.15) is 4.90 Å². The van der Waals surface area contributed by atoms with Crippen molar-refractivity contribution in [2.45, 2.75) is 31.7 Å². The second-order valence-electron chi connectivity index (χ2n) is 5.45. The summed E-state index contributed by atoms with van der Waals surface area (Å²) in [5.41, 5.74) is 0.263. The summed E-state index contributed by atoms with van der Waals surface area (Å²) in [4.78, 5) is 13.5. The van der Waals surface area contributed by atoms with Crippen LogP contribution in [0.4, 0.5) is 0 Å². The Morgan fingerprint density at radius 3 is 2.52 bits per heavy atom. The van der Waals surface area contributed by atoms with E-state index >= 15 is 0 Å². The van der Waals surface area contributed by atoms with Gasteiger partial charge in [-0.3, -0.25) is 4.79 Å². The molecular formula is C17H21ClN2O3S2. The predicted molar refractivity (Wildman–Crippen MR) is 102 cm³/mol. The van der Waals surface area contributed by atoms with Crippen molar-refractivity contribution >= 4 is 38.9 Å². The molecule has 0 aliphatic carbocycles. The fourth-order valence-corrected chi connectivity index (χ4v) is 5.13. The second-order valence-corrected chi connectivity index (χ2v) is 8.74. The first-order valence-corrected chi connectivity index (χ1v) is 10.6. The zero-order chi connectivity index (χ0) is 18.6. The van der Waals surface area contributed by atoms with E-state index in [2.05, 4.69) is 5.32 Å². The number of sulfonamides is 1. The smallest absolute Gasteiger partial charge is 0.251 e. The molecular weight excluding hydrogens is 380 g/mol. The lowest BCUT2D eigenvalue weighted by molar-refractivity contribution is 0.0940. The van der Waals surface area contributed by atoms with Crippen LogP contribution in [0.15, 0.2) is 40.6 Å². The normalized spacial score (nSPS) is 13.0. The van der Waals surface area contributed by atoms with Gasteiger partial charge >= 0.3 is 0 Å². The highest BCUT2D eigenvalue weighted by Crippen LogP contribution is 2.26. The Balaban J connectivity index is 2.30. The fraction of sp³-hybridized carbons (Fsp3) is 0.353. The molecule has 0 fully saturated rings. The predicted octanol–water partition coefficient (Wildman–Crippen LogP) is 3.92. The van der Waals surface area contributed by atoms with E-state index in [0.717, 1.165) is 4.88 Å². The van der Waals surface area contributed by atoms with Crippen molar-refractivity contribution in [3.63, 3.8) is 0 Å². The van der Waals surface area contributed by atoms with Crippen LogP contribution in [-0.2, 0) is 10.0 Å². The molecule has 0 saturated carbocycles. The number of nitrogens with one attached hydrogen (secondary N) is 1. The molecule has 1 aromatic carbocycles. The highest BCUT2D eigenvalue weighted by atomic mass is 35.5. The molecule has 0 aliphatic heterocycles. The minimum atomic E-state index is -3.74. The number of carbonyl (C=O) groups excluding carboxylic acids is 1. The number of carbonyl (C=O) groups is 1. The zero-order valence-corrected chi connectivity index (χ0v) is 16.7. The summed E-state index contributed by atoms with van der Waals surface area (Å²) in [5.74, 6) is -0.339. The van der Waals surface area contributed by atoms with E-state index in [1.54, 1.807) is 25.2 Å². The molecule has 0 unspecified atom stereocenters. The third-order valence-electron chi connectivity index (χ3n) is 3.83. The zero-order valence-electron chi connectivity index (χ0n) is 14.3. The Bertz CT molecular complexity index is 832. The van der Waals surface area contributed by atoms with E-state index in [0.29, 0.717) is 13.1 Å². The first kappa shape index (κ1) is 19.9. The maximum absolute atomic E-state index is 12.7. The number of benzene rings is 1. The van der Waals surface area contributed by atoms with E-state index in [-0.39, 0.29) is 27.4 Å². The van der Waals surface area contributed by atoms with Crippen molar-refractivity contribution in [3.05, 3.63) is 51.2 Å². The Hall–Kier alpha value is -1.41. The molecule has 1 amide bonds. The number of nitrogens with zero attached hydrogens (tertiary/aromatic N) is 1. The second kappa shape index (κ2) is 8.31. The van der Waals surface area contributed by atoms with Crippen LogP contribution in [0.2, 0.25) is 5.02 Å². The van der Waals surface area contributed by atoms with Crippen LogP contribution in [0, 0.1) is 0 Å². The molecule has 1 atom stereocenters. The number of thiophene rings is 1.